The molecule has 1 heterocycles. The van der Waals surface area contributed by atoms with Crippen LogP contribution in [0.3, 0.4) is 0 Å². The van der Waals surface area contributed by atoms with Crippen LogP contribution in [0.2, 0.25) is 0 Å². The number of benzene rings is 2. The third kappa shape index (κ3) is 4.58. The molecule has 2 N–H and O–H groups in total. The van der Waals surface area contributed by atoms with E-state index in [-0.39, 0.29) is 29.8 Å². The Hall–Kier alpha value is -3.74. The maximum Gasteiger partial charge on any atom is 0.224 e. The fourth-order valence-electron chi connectivity index (χ4n) is 4.37. The molecule has 1 aliphatic carbocycles. The van der Waals surface area contributed by atoms with E-state index in [1.165, 1.54) is 26.4 Å². The summed E-state index contributed by atoms with van der Waals surface area (Å²) in [5, 5.41) is 13.1. The zero-order chi connectivity index (χ0) is 23.5. The summed E-state index contributed by atoms with van der Waals surface area (Å²) >= 11 is 0. The number of aromatic hydroxyl groups is 1. The van der Waals surface area contributed by atoms with Crippen LogP contribution in [-0.2, 0) is 17.8 Å². The molecule has 7 heteroatoms. The highest BCUT2D eigenvalue weighted by molar-refractivity contribution is 5.92. The first-order valence-corrected chi connectivity index (χ1v) is 10.6. The molecular weight excluding hydrogens is 425 g/mol. The number of allylic oxidation sites excluding steroid dienone is 1. The van der Waals surface area contributed by atoms with Gasteiger partial charge >= 0.3 is 0 Å². The van der Waals surface area contributed by atoms with Crippen LogP contribution in [0.15, 0.2) is 58.7 Å². The molecule has 172 valence electrons. The van der Waals surface area contributed by atoms with Crippen molar-refractivity contribution in [1.82, 2.24) is 5.32 Å². The third-order valence-corrected chi connectivity index (χ3v) is 6.07. The van der Waals surface area contributed by atoms with Crippen LogP contribution in [0.4, 0.5) is 4.39 Å². The van der Waals surface area contributed by atoms with E-state index in [0.717, 1.165) is 27.8 Å². The van der Waals surface area contributed by atoms with Gasteiger partial charge in [-0.25, -0.2) is 4.39 Å². The van der Waals surface area contributed by atoms with Crippen molar-refractivity contribution < 1.29 is 28.2 Å². The molecule has 3 aromatic rings. The molecule has 6 nitrogen and oxygen atoms in total. The summed E-state index contributed by atoms with van der Waals surface area (Å²) in [7, 11) is 2.97. The summed E-state index contributed by atoms with van der Waals surface area (Å²) in [6, 6.07) is 11.8. The molecule has 1 atom stereocenters. The van der Waals surface area contributed by atoms with Crippen molar-refractivity contribution in [3.63, 3.8) is 0 Å². The summed E-state index contributed by atoms with van der Waals surface area (Å²) in [6.07, 6.45) is 2.28. The maximum atomic E-state index is 14.1. The number of phenolic OH excluding ortho intramolecular Hbond substituents is 1. The number of nitrogens with one attached hydrogen (secondary N) is 1. The Balaban J connectivity index is 1.62. The zero-order valence-corrected chi connectivity index (χ0v) is 18.8. The second-order valence-electron chi connectivity index (χ2n) is 8.03. The van der Waals surface area contributed by atoms with Gasteiger partial charge in [-0.1, -0.05) is 11.6 Å². The largest absolute Gasteiger partial charge is 0.502 e. The Bertz CT molecular complexity index is 1170. The van der Waals surface area contributed by atoms with Gasteiger partial charge in [-0.3, -0.25) is 4.79 Å². The Morgan fingerprint density at radius 1 is 1.15 bits per heavy atom. The quantitative estimate of drug-likeness (QED) is 0.506. The minimum absolute atomic E-state index is 0.0487. The van der Waals surface area contributed by atoms with Crippen molar-refractivity contribution in [3.8, 4) is 17.2 Å². The average molecular weight is 451 g/mol. The van der Waals surface area contributed by atoms with Gasteiger partial charge in [-0.15, -0.1) is 0 Å². The topological polar surface area (TPSA) is 80.9 Å². The molecule has 0 fully saturated rings. The molecule has 0 bridgehead atoms. The number of hydrogen-bond acceptors (Lipinski definition) is 5. The Labute approximate surface area is 191 Å². The first-order valence-electron chi connectivity index (χ1n) is 10.6. The number of phenols is 1. The van der Waals surface area contributed by atoms with Gasteiger partial charge in [-0.05, 0) is 72.0 Å². The monoisotopic (exact) mass is 451 g/mol. The Morgan fingerprint density at radius 3 is 2.52 bits per heavy atom. The van der Waals surface area contributed by atoms with Gasteiger partial charge in [-0.2, -0.15) is 0 Å². The van der Waals surface area contributed by atoms with E-state index >= 15 is 0 Å². The van der Waals surface area contributed by atoms with E-state index in [1.807, 2.05) is 6.92 Å². The maximum absolute atomic E-state index is 14.1. The second kappa shape index (κ2) is 9.40. The molecule has 0 saturated heterocycles. The van der Waals surface area contributed by atoms with E-state index < -0.39 is 0 Å². The Kier molecular flexibility index (Phi) is 6.40. The molecule has 2 aromatic carbocycles. The van der Waals surface area contributed by atoms with Gasteiger partial charge < -0.3 is 24.3 Å². The highest BCUT2D eigenvalue weighted by Crippen LogP contribution is 2.46. The van der Waals surface area contributed by atoms with Crippen LogP contribution < -0.4 is 14.8 Å². The average Bonchev–Trinajstić information content (AvgIpc) is 3.41. The summed E-state index contributed by atoms with van der Waals surface area (Å²) < 4.78 is 30.0. The number of ether oxygens (including phenoxy) is 2. The standard InChI is InChI=1S/C26H26FNO5/c1-15-20(9-16-10-23(31-2)26(30)24(11-16)32-3)19-7-6-17(27)12-22(19)21(15)13-25(29)28-14-18-5-4-8-33-18/h4-8,10-12,20,30H,9,13-14H2,1-3H3,(H,28,29). The molecule has 4 rings (SSSR count). The van der Waals surface area contributed by atoms with Gasteiger partial charge in [0.25, 0.3) is 0 Å². The molecule has 1 unspecified atom stereocenters. The number of hydrogen-bond donors (Lipinski definition) is 2. The number of rotatable bonds is 8. The van der Waals surface area contributed by atoms with Gasteiger partial charge in [0.1, 0.15) is 11.6 Å². The lowest BCUT2D eigenvalue weighted by molar-refractivity contribution is -0.120. The number of amides is 1. The first kappa shape index (κ1) is 22.5. The van der Waals surface area contributed by atoms with Gasteiger partial charge in [0.2, 0.25) is 11.7 Å². The minimum Gasteiger partial charge on any atom is -0.502 e. The third-order valence-electron chi connectivity index (χ3n) is 6.07. The predicted molar refractivity (Wildman–Crippen MR) is 122 cm³/mol. The van der Waals surface area contributed by atoms with Gasteiger partial charge in [0.05, 0.1) is 33.4 Å². The highest BCUT2D eigenvalue weighted by Gasteiger charge is 2.30. The van der Waals surface area contributed by atoms with E-state index in [0.29, 0.717) is 30.2 Å². The molecule has 1 aromatic heterocycles. The van der Waals surface area contributed by atoms with Crippen LogP contribution in [0.5, 0.6) is 17.2 Å². The summed E-state index contributed by atoms with van der Waals surface area (Å²) in [5.41, 5.74) is 4.45. The number of halogens is 1. The molecule has 0 spiro atoms. The number of carbonyl (C=O) groups excluding carboxylic acids is 1. The van der Waals surface area contributed by atoms with Crippen molar-refractivity contribution in [2.45, 2.75) is 32.2 Å². The van der Waals surface area contributed by atoms with Crippen LogP contribution >= 0.6 is 0 Å². The number of methoxy groups -OCH3 is 2. The predicted octanol–water partition coefficient (Wildman–Crippen LogP) is 4.96. The molecule has 0 radical (unpaired) electrons. The van der Waals surface area contributed by atoms with Crippen molar-refractivity contribution in [3.05, 3.63) is 82.6 Å². The SMILES string of the molecule is COc1cc(CC2C(C)=C(CC(=O)NCc3ccco3)c3cc(F)ccc32)cc(OC)c1O. The van der Waals surface area contributed by atoms with Crippen LogP contribution in [0.25, 0.3) is 5.57 Å². The van der Waals surface area contributed by atoms with E-state index in [2.05, 4.69) is 5.32 Å². The summed E-state index contributed by atoms with van der Waals surface area (Å²) in [5.74, 6) is 0.696. The summed E-state index contributed by atoms with van der Waals surface area (Å²) in [4.78, 5) is 12.7. The number of fused-ring (bicyclic) bond motifs is 1. The van der Waals surface area contributed by atoms with E-state index in [1.54, 1.807) is 36.6 Å². The van der Waals surface area contributed by atoms with E-state index in [4.69, 9.17) is 13.9 Å². The normalized spacial score (nSPS) is 14.8. The lowest BCUT2D eigenvalue weighted by Crippen LogP contribution is -2.22. The Morgan fingerprint density at radius 2 is 1.88 bits per heavy atom. The number of furan rings is 1. The van der Waals surface area contributed by atoms with E-state index in [9.17, 15) is 14.3 Å². The second-order valence-corrected chi connectivity index (χ2v) is 8.03. The van der Waals surface area contributed by atoms with Crippen molar-refractivity contribution >= 4 is 11.5 Å². The molecule has 1 aliphatic rings. The fraction of sp³-hybridized carbons (Fsp3) is 0.269. The number of carbonyl (C=O) groups is 1. The lowest BCUT2D eigenvalue weighted by Gasteiger charge is -2.17. The van der Waals surface area contributed by atoms with Crippen molar-refractivity contribution in [2.24, 2.45) is 0 Å². The van der Waals surface area contributed by atoms with Crippen LogP contribution in [0.1, 0.15) is 41.7 Å². The molecule has 0 saturated carbocycles. The van der Waals surface area contributed by atoms with Gasteiger partial charge in [0, 0.05) is 5.92 Å². The molecular formula is C26H26FNO5. The van der Waals surface area contributed by atoms with Crippen molar-refractivity contribution in [1.29, 1.82) is 0 Å². The van der Waals surface area contributed by atoms with Crippen LogP contribution in [0, 0.1) is 5.82 Å². The minimum atomic E-state index is -0.344. The van der Waals surface area contributed by atoms with Gasteiger partial charge in [0.15, 0.2) is 11.5 Å². The lowest BCUT2D eigenvalue weighted by atomic mass is 9.89. The smallest absolute Gasteiger partial charge is 0.224 e. The molecule has 33 heavy (non-hydrogen) atoms. The molecule has 0 aliphatic heterocycles. The molecule has 1 amide bonds. The fourth-order valence-corrected chi connectivity index (χ4v) is 4.37. The highest BCUT2D eigenvalue weighted by atomic mass is 19.1. The zero-order valence-electron chi connectivity index (χ0n) is 18.8. The first-order chi connectivity index (χ1) is 15.9. The van der Waals surface area contributed by atoms with Crippen LogP contribution in [-0.4, -0.2) is 25.2 Å². The van der Waals surface area contributed by atoms with Crippen molar-refractivity contribution in [2.75, 3.05) is 14.2 Å². The summed E-state index contributed by atoms with van der Waals surface area (Å²) in [6.45, 7) is 2.28.